The maximum atomic E-state index is 11.6. The fourth-order valence-corrected chi connectivity index (χ4v) is 4.75. The first-order chi connectivity index (χ1) is 10.9. The molecule has 0 heterocycles. The lowest BCUT2D eigenvalue weighted by Crippen LogP contribution is -2.46. The van der Waals surface area contributed by atoms with Crippen molar-refractivity contribution in [3.05, 3.63) is 47.8 Å². The molecule has 0 saturated carbocycles. The normalized spacial score (nSPS) is 11.5. The molecule has 0 fully saturated rings. The molecule has 1 amide bonds. The topological polar surface area (TPSA) is 29.1 Å². The van der Waals surface area contributed by atoms with E-state index in [0.717, 1.165) is 25.7 Å². The van der Waals surface area contributed by atoms with E-state index in [1.807, 2.05) is 0 Å². The second-order valence-corrected chi connectivity index (χ2v) is 11.2. The monoisotopic (exact) mass is 329 g/mol. The number of rotatable bonds is 8. The number of carbonyl (C=O) groups is 1. The van der Waals surface area contributed by atoms with Crippen LogP contribution in [0.25, 0.3) is 0 Å². The lowest BCUT2D eigenvalue weighted by Gasteiger charge is -2.30. The van der Waals surface area contributed by atoms with Gasteiger partial charge in [0.2, 0.25) is 5.91 Å². The van der Waals surface area contributed by atoms with E-state index in [-0.39, 0.29) is 11.4 Å². The van der Waals surface area contributed by atoms with Crippen LogP contribution in [0, 0.1) is 0 Å². The fraction of sp³-hybridized carbons (Fsp3) is 0.500. The van der Waals surface area contributed by atoms with Crippen LogP contribution in [-0.2, 0) is 4.79 Å². The standard InChI is InChI=1S/C20H31NOSi/c1-6-14-20(15-7-2,21-18(3)22)16-11-17-23(4,5)19-12-9-8-10-13-19/h8-10,12-13,16-17H,6-7,14-15H2,1-5H3,(H,21,22). The zero-order chi connectivity index (χ0) is 17.3. The van der Waals surface area contributed by atoms with Crippen molar-refractivity contribution >= 4 is 19.2 Å². The van der Waals surface area contributed by atoms with Crippen molar-refractivity contribution in [3.63, 3.8) is 0 Å². The van der Waals surface area contributed by atoms with E-state index < -0.39 is 8.07 Å². The molecule has 0 spiro atoms. The van der Waals surface area contributed by atoms with E-state index in [2.05, 4.69) is 80.1 Å². The predicted octanol–water partition coefficient (Wildman–Crippen LogP) is 4.33. The lowest BCUT2D eigenvalue weighted by molar-refractivity contribution is -0.120. The molecule has 1 N–H and O–H groups in total. The molecule has 2 nitrogen and oxygen atoms in total. The Morgan fingerprint density at radius 3 is 2.22 bits per heavy atom. The van der Waals surface area contributed by atoms with Crippen molar-refractivity contribution in [2.24, 2.45) is 0 Å². The molecule has 1 rings (SSSR count). The third-order valence-electron chi connectivity index (χ3n) is 4.14. The van der Waals surface area contributed by atoms with E-state index in [1.54, 1.807) is 6.92 Å². The predicted molar refractivity (Wildman–Crippen MR) is 103 cm³/mol. The smallest absolute Gasteiger partial charge is 0.217 e. The third kappa shape index (κ3) is 6.21. The van der Waals surface area contributed by atoms with Gasteiger partial charge < -0.3 is 5.32 Å². The van der Waals surface area contributed by atoms with Crippen LogP contribution in [0.1, 0.15) is 46.5 Å². The molecule has 23 heavy (non-hydrogen) atoms. The largest absolute Gasteiger partial charge is 0.347 e. The summed E-state index contributed by atoms with van der Waals surface area (Å²) in [5.41, 5.74) is 5.42. The Kier molecular flexibility index (Phi) is 7.54. The highest BCUT2D eigenvalue weighted by Crippen LogP contribution is 2.21. The Hall–Kier alpha value is -1.57. The summed E-state index contributed by atoms with van der Waals surface area (Å²) in [6.45, 7) is 10.6. The number of benzene rings is 1. The van der Waals surface area contributed by atoms with Gasteiger partial charge in [0.15, 0.2) is 0 Å². The number of hydrogen-bond donors (Lipinski definition) is 1. The van der Waals surface area contributed by atoms with Gasteiger partial charge in [0.05, 0.1) is 5.54 Å². The summed E-state index contributed by atoms with van der Waals surface area (Å²) in [5.74, 6) is 0.0320. The minimum absolute atomic E-state index is 0.0320. The Labute approximate surface area is 142 Å². The molecule has 1 aromatic rings. The zero-order valence-corrected chi connectivity index (χ0v) is 16.3. The van der Waals surface area contributed by atoms with Crippen molar-refractivity contribution in [2.45, 2.75) is 65.1 Å². The number of carbonyl (C=O) groups excluding carboxylic acids is 1. The SMILES string of the molecule is CCCC(C=C=C[Si](C)(C)c1ccccc1)(CCC)NC(C)=O. The number of hydrogen-bond acceptors (Lipinski definition) is 1. The van der Waals surface area contributed by atoms with Crippen molar-refractivity contribution in [3.8, 4) is 0 Å². The Balaban J connectivity index is 3.09. The molecule has 0 aliphatic rings. The molecular formula is C20H31NOSi. The van der Waals surface area contributed by atoms with E-state index >= 15 is 0 Å². The minimum atomic E-state index is -1.65. The Morgan fingerprint density at radius 2 is 1.74 bits per heavy atom. The van der Waals surface area contributed by atoms with Crippen molar-refractivity contribution in [1.82, 2.24) is 5.32 Å². The van der Waals surface area contributed by atoms with Gasteiger partial charge >= 0.3 is 0 Å². The molecule has 0 radical (unpaired) electrons. The van der Waals surface area contributed by atoms with Crippen molar-refractivity contribution in [1.29, 1.82) is 0 Å². The van der Waals surface area contributed by atoms with Gasteiger partial charge in [-0.15, -0.1) is 5.73 Å². The quantitative estimate of drug-likeness (QED) is 0.558. The van der Waals surface area contributed by atoms with E-state index in [0.29, 0.717) is 0 Å². The van der Waals surface area contributed by atoms with Gasteiger partial charge in [0, 0.05) is 6.92 Å². The highest BCUT2D eigenvalue weighted by molar-refractivity contribution is 6.93. The van der Waals surface area contributed by atoms with Gasteiger partial charge in [-0.3, -0.25) is 4.79 Å². The minimum Gasteiger partial charge on any atom is -0.347 e. The van der Waals surface area contributed by atoms with Gasteiger partial charge in [-0.25, -0.2) is 0 Å². The molecule has 0 unspecified atom stereocenters. The summed E-state index contributed by atoms with van der Waals surface area (Å²) >= 11 is 0. The van der Waals surface area contributed by atoms with Gasteiger partial charge in [0.25, 0.3) is 0 Å². The molecule has 0 atom stereocenters. The Bertz CT molecular complexity index is 550. The molecule has 0 aliphatic heterocycles. The second-order valence-electron chi connectivity index (χ2n) is 6.88. The molecule has 3 heteroatoms. The summed E-state index contributed by atoms with van der Waals surface area (Å²) < 4.78 is 0. The van der Waals surface area contributed by atoms with Crippen LogP contribution >= 0.6 is 0 Å². The van der Waals surface area contributed by atoms with Crippen LogP contribution in [0.15, 0.2) is 47.8 Å². The van der Waals surface area contributed by atoms with Gasteiger partial charge in [-0.1, -0.05) is 75.3 Å². The van der Waals surface area contributed by atoms with Crippen LogP contribution in [0.3, 0.4) is 0 Å². The number of amides is 1. The summed E-state index contributed by atoms with van der Waals surface area (Å²) in [5, 5.41) is 4.56. The zero-order valence-electron chi connectivity index (χ0n) is 15.3. The summed E-state index contributed by atoms with van der Waals surface area (Å²) in [6.07, 6.45) is 6.08. The maximum absolute atomic E-state index is 11.6. The van der Waals surface area contributed by atoms with Crippen LogP contribution in [0.5, 0.6) is 0 Å². The molecule has 0 bridgehead atoms. The lowest BCUT2D eigenvalue weighted by atomic mass is 9.88. The van der Waals surface area contributed by atoms with Crippen LogP contribution in [0.2, 0.25) is 13.1 Å². The Morgan fingerprint density at radius 1 is 1.17 bits per heavy atom. The first kappa shape index (κ1) is 19.5. The first-order valence-corrected chi connectivity index (χ1v) is 11.7. The second kappa shape index (κ2) is 8.90. The van der Waals surface area contributed by atoms with Gasteiger partial charge in [0.1, 0.15) is 8.07 Å². The van der Waals surface area contributed by atoms with Crippen LogP contribution < -0.4 is 10.5 Å². The molecule has 1 aromatic carbocycles. The highest BCUT2D eigenvalue weighted by atomic mass is 28.3. The van der Waals surface area contributed by atoms with Crippen molar-refractivity contribution in [2.75, 3.05) is 0 Å². The molecule has 0 saturated heterocycles. The molecular weight excluding hydrogens is 298 g/mol. The molecule has 0 aliphatic carbocycles. The van der Waals surface area contributed by atoms with Gasteiger partial charge in [-0.2, -0.15) is 0 Å². The van der Waals surface area contributed by atoms with E-state index in [4.69, 9.17) is 0 Å². The first-order valence-electron chi connectivity index (χ1n) is 8.64. The third-order valence-corrected chi connectivity index (χ3v) is 6.85. The van der Waals surface area contributed by atoms with E-state index in [9.17, 15) is 4.79 Å². The van der Waals surface area contributed by atoms with Crippen LogP contribution in [-0.4, -0.2) is 19.5 Å². The average Bonchev–Trinajstić information content (AvgIpc) is 2.48. The summed E-state index contributed by atoms with van der Waals surface area (Å²) in [7, 11) is -1.65. The average molecular weight is 330 g/mol. The molecule has 0 aromatic heterocycles. The summed E-state index contributed by atoms with van der Waals surface area (Å²) in [6, 6.07) is 10.6. The molecule has 126 valence electrons. The summed E-state index contributed by atoms with van der Waals surface area (Å²) in [4.78, 5) is 11.6. The van der Waals surface area contributed by atoms with Crippen molar-refractivity contribution < 1.29 is 4.79 Å². The maximum Gasteiger partial charge on any atom is 0.217 e. The fourth-order valence-electron chi connectivity index (χ4n) is 3.03. The van der Waals surface area contributed by atoms with Crippen LogP contribution in [0.4, 0.5) is 0 Å². The number of nitrogens with one attached hydrogen (secondary N) is 1. The van der Waals surface area contributed by atoms with E-state index in [1.165, 1.54) is 5.19 Å². The van der Waals surface area contributed by atoms with Gasteiger partial charge in [-0.05, 0) is 24.6 Å². The highest BCUT2D eigenvalue weighted by Gasteiger charge is 2.26.